The zero-order valence-electron chi connectivity index (χ0n) is 14.5. The van der Waals surface area contributed by atoms with Gasteiger partial charge in [-0.2, -0.15) is 15.4 Å². The van der Waals surface area contributed by atoms with Crippen LogP contribution in [0.1, 0.15) is 17.7 Å². The lowest BCUT2D eigenvalue weighted by Crippen LogP contribution is -2.39. The van der Waals surface area contributed by atoms with E-state index in [4.69, 9.17) is 4.74 Å². The topological polar surface area (TPSA) is 94.6 Å². The highest BCUT2D eigenvalue weighted by molar-refractivity contribution is 5.78. The Kier molecular flexibility index (Phi) is 5.00. The van der Waals surface area contributed by atoms with Crippen LogP contribution in [0.25, 0.3) is 0 Å². The van der Waals surface area contributed by atoms with Crippen molar-refractivity contribution in [3.05, 3.63) is 41.7 Å². The molecule has 2 aromatic rings. The first-order valence-corrected chi connectivity index (χ1v) is 8.18. The number of aromatic nitrogens is 3. The average Bonchev–Trinajstić information content (AvgIpc) is 3.26. The van der Waals surface area contributed by atoms with Gasteiger partial charge in [0.05, 0.1) is 19.9 Å². The van der Waals surface area contributed by atoms with Crippen LogP contribution >= 0.6 is 0 Å². The van der Waals surface area contributed by atoms with E-state index in [-0.39, 0.29) is 12.5 Å². The predicted octanol–water partition coefficient (Wildman–Crippen LogP) is 0.365. The minimum Gasteiger partial charge on any atom is -0.497 e. The molecule has 1 aliphatic rings. The molecule has 1 aromatic heterocycles. The van der Waals surface area contributed by atoms with Gasteiger partial charge in [-0.25, -0.2) is 0 Å². The molecule has 1 fully saturated rings. The second-order valence-corrected chi connectivity index (χ2v) is 6.45. The summed E-state index contributed by atoms with van der Waals surface area (Å²) in [6.45, 7) is 1.79. The summed E-state index contributed by atoms with van der Waals surface area (Å²) < 4.78 is 5.21. The number of benzene rings is 1. The van der Waals surface area contributed by atoms with Gasteiger partial charge in [0, 0.05) is 26.7 Å². The largest absolute Gasteiger partial charge is 0.497 e. The Bertz CT molecular complexity index is 721. The minimum atomic E-state index is -1.04. The van der Waals surface area contributed by atoms with Crippen LogP contribution in [0.2, 0.25) is 0 Å². The highest BCUT2D eigenvalue weighted by Gasteiger charge is 2.40. The van der Waals surface area contributed by atoms with Crippen molar-refractivity contribution in [3.63, 3.8) is 0 Å². The number of nitrogens with one attached hydrogen (secondary N) is 1. The van der Waals surface area contributed by atoms with Crippen LogP contribution in [0, 0.1) is 0 Å². The van der Waals surface area contributed by atoms with E-state index in [9.17, 15) is 9.90 Å². The maximum atomic E-state index is 12.5. The van der Waals surface area contributed by atoms with Gasteiger partial charge in [0.15, 0.2) is 0 Å². The number of ether oxygens (including phenoxy) is 1. The first-order valence-electron chi connectivity index (χ1n) is 8.18. The van der Waals surface area contributed by atoms with E-state index in [1.54, 1.807) is 19.1 Å². The van der Waals surface area contributed by atoms with Crippen LogP contribution in [-0.2, 0) is 16.9 Å². The van der Waals surface area contributed by atoms with Crippen molar-refractivity contribution in [1.29, 1.82) is 0 Å². The van der Waals surface area contributed by atoms with Crippen molar-refractivity contribution in [2.75, 3.05) is 33.8 Å². The lowest BCUT2D eigenvalue weighted by Gasteiger charge is -2.23. The van der Waals surface area contributed by atoms with Gasteiger partial charge < -0.3 is 14.7 Å². The van der Waals surface area contributed by atoms with Crippen LogP contribution < -0.4 is 4.74 Å². The molecule has 1 aromatic carbocycles. The molecule has 0 aliphatic carbocycles. The fourth-order valence-electron chi connectivity index (χ4n) is 3.09. The van der Waals surface area contributed by atoms with E-state index in [0.717, 1.165) is 11.3 Å². The van der Waals surface area contributed by atoms with Gasteiger partial charge in [-0.1, -0.05) is 12.1 Å². The van der Waals surface area contributed by atoms with Crippen LogP contribution in [0.4, 0.5) is 0 Å². The zero-order valence-corrected chi connectivity index (χ0v) is 14.5. The third-order valence-corrected chi connectivity index (χ3v) is 4.56. The number of rotatable bonds is 6. The minimum absolute atomic E-state index is 0.00669. The summed E-state index contributed by atoms with van der Waals surface area (Å²) >= 11 is 0. The second-order valence-electron chi connectivity index (χ2n) is 6.45. The number of aromatic amines is 1. The Labute approximate surface area is 146 Å². The number of H-pyrrole nitrogens is 1. The van der Waals surface area contributed by atoms with Gasteiger partial charge in [0.1, 0.15) is 17.0 Å². The number of carbonyl (C=O) groups is 1. The number of aliphatic hydroxyl groups is 1. The number of carbonyl (C=O) groups excluding carboxylic acids is 1. The normalized spacial score (nSPS) is 20.6. The third-order valence-electron chi connectivity index (χ3n) is 4.56. The summed E-state index contributed by atoms with van der Waals surface area (Å²) in [6, 6.07) is 7.67. The van der Waals surface area contributed by atoms with Gasteiger partial charge >= 0.3 is 0 Å². The summed E-state index contributed by atoms with van der Waals surface area (Å²) in [6.07, 6.45) is 2.06. The Morgan fingerprint density at radius 2 is 2.36 bits per heavy atom. The standard InChI is InChI=1S/C17H23N5O3/c1-21(10-13-4-3-5-14(8-13)25-2)16(23)11-22-7-6-17(24,12-22)15-9-18-20-19-15/h3-5,8-9,24H,6-7,10-12H2,1-2H3,(H,18,19,20)/t17-/m1/s1. The Balaban J connectivity index is 1.55. The van der Waals surface area contributed by atoms with E-state index in [2.05, 4.69) is 15.4 Å². The highest BCUT2D eigenvalue weighted by Crippen LogP contribution is 2.29. The quantitative estimate of drug-likeness (QED) is 0.785. The first kappa shape index (κ1) is 17.4. The molecule has 134 valence electrons. The molecule has 0 unspecified atom stereocenters. The number of likely N-dealkylation sites (N-methyl/N-ethyl adjacent to an activating group) is 1. The van der Waals surface area contributed by atoms with E-state index in [1.807, 2.05) is 29.2 Å². The first-order chi connectivity index (χ1) is 12.0. The average molecular weight is 345 g/mol. The van der Waals surface area contributed by atoms with E-state index in [1.165, 1.54) is 6.20 Å². The van der Waals surface area contributed by atoms with Gasteiger partial charge in [0.2, 0.25) is 5.91 Å². The van der Waals surface area contributed by atoms with Gasteiger partial charge in [-0.3, -0.25) is 9.69 Å². The number of hydrogen-bond acceptors (Lipinski definition) is 6. The molecular formula is C17H23N5O3. The van der Waals surface area contributed by atoms with Crippen molar-refractivity contribution in [1.82, 2.24) is 25.2 Å². The van der Waals surface area contributed by atoms with Crippen LogP contribution in [0.5, 0.6) is 5.75 Å². The number of nitrogens with zero attached hydrogens (tertiary/aromatic N) is 4. The van der Waals surface area contributed by atoms with Crippen LogP contribution in [0.3, 0.4) is 0 Å². The molecule has 1 amide bonds. The molecule has 0 saturated carbocycles. The summed E-state index contributed by atoms with van der Waals surface area (Å²) in [5, 5.41) is 20.9. The molecule has 1 aliphatic heterocycles. The van der Waals surface area contributed by atoms with Crippen molar-refractivity contribution in [2.45, 2.75) is 18.6 Å². The summed E-state index contributed by atoms with van der Waals surface area (Å²) in [5.41, 5.74) is 0.487. The lowest BCUT2D eigenvalue weighted by molar-refractivity contribution is -0.131. The monoisotopic (exact) mass is 345 g/mol. The molecule has 8 heteroatoms. The Morgan fingerprint density at radius 3 is 3.08 bits per heavy atom. The van der Waals surface area contributed by atoms with Crippen molar-refractivity contribution >= 4 is 5.91 Å². The summed E-state index contributed by atoms with van der Waals surface area (Å²) in [4.78, 5) is 16.1. The smallest absolute Gasteiger partial charge is 0.236 e. The molecule has 0 radical (unpaired) electrons. The van der Waals surface area contributed by atoms with E-state index in [0.29, 0.717) is 31.7 Å². The molecule has 25 heavy (non-hydrogen) atoms. The molecule has 0 bridgehead atoms. The third kappa shape index (κ3) is 3.97. The maximum Gasteiger partial charge on any atom is 0.236 e. The van der Waals surface area contributed by atoms with Crippen molar-refractivity contribution < 1.29 is 14.6 Å². The molecule has 3 rings (SSSR count). The van der Waals surface area contributed by atoms with E-state index >= 15 is 0 Å². The van der Waals surface area contributed by atoms with Crippen LogP contribution in [0.15, 0.2) is 30.5 Å². The van der Waals surface area contributed by atoms with Crippen LogP contribution in [-0.4, -0.2) is 70.0 Å². The zero-order chi connectivity index (χ0) is 17.9. The van der Waals surface area contributed by atoms with Gasteiger partial charge in [0.25, 0.3) is 0 Å². The highest BCUT2D eigenvalue weighted by atomic mass is 16.5. The SMILES string of the molecule is COc1cccc(CN(C)C(=O)CN2CC[C@](O)(c3cn[nH]n3)C2)c1. The number of hydrogen-bond donors (Lipinski definition) is 2. The molecule has 2 N–H and O–H groups in total. The Hall–Kier alpha value is -2.45. The Morgan fingerprint density at radius 1 is 1.52 bits per heavy atom. The van der Waals surface area contributed by atoms with Gasteiger partial charge in [-0.15, -0.1) is 0 Å². The summed E-state index contributed by atoms with van der Waals surface area (Å²) in [7, 11) is 3.40. The molecule has 0 spiro atoms. The van der Waals surface area contributed by atoms with Gasteiger partial charge in [-0.05, 0) is 24.1 Å². The van der Waals surface area contributed by atoms with Crippen molar-refractivity contribution in [3.8, 4) is 5.75 Å². The second kappa shape index (κ2) is 7.20. The molecule has 1 atom stereocenters. The maximum absolute atomic E-state index is 12.5. The fraction of sp³-hybridized carbons (Fsp3) is 0.471. The molecule has 1 saturated heterocycles. The number of amides is 1. The molecular weight excluding hydrogens is 322 g/mol. The predicted molar refractivity (Wildman–Crippen MR) is 90.8 cm³/mol. The van der Waals surface area contributed by atoms with Crippen molar-refractivity contribution in [2.24, 2.45) is 0 Å². The molecule has 2 heterocycles. The number of likely N-dealkylation sites (tertiary alicyclic amines) is 1. The number of methoxy groups -OCH3 is 1. The number of β-amino-alcohol motifs (C(OH)–C–C–N with tert-alkyl or cyclic N) is 1. The van der Waals surface area contributed by atoms with E-state index < -0.39 is 5.60 Å². The summed E-state index contributed by atoms with van der Waals surface area (Å²) in [5.74, 6) is 0.780. The lowest BCUT2D eigenvalue weighted by atomic mass is 10.0. The molecule has 8 nitrogen and oxygen atoms in total. The fourth-order valence-corrected chi connectivity index (χ4v) is 3.09.